The summed E-state index contributed by atoms with van der Waals surface area (Å²) >= 11 is 0. The van der Waals surface area contributed by atoms with Gasteiger partial charge in [-0.15, -0.1) is 0 Å². The number of carbonyl (C=O) groups excluding carboxylic acids is 2. The van der Waals surface area contributed by atoms with Crippen LogP contribution in [0, 0.1) is 0 Å². The van der Waals surface area contributed by atoms with Crippen molar-refractivity contribution in [2.45, 2.75) is 25.4 Å². The maximum absolute atomic E-state index is 13.7. The van der Waals surface area contributed by atoms with Gasteiger partial charge < -0.3 is 10.2 Å². The van der Waals surface area contributed by atoms with Gasteiger partial charge in [0.05, 0.1) is 11.3 Å². The molecule has 0 spiro atoms. The van der Waals surface area contributed by atoms with Gasteiger partial charge in [-0.25, -0.2) is 0 Å². The van der Waals surface area contributed by atoms with Crippen molar-refractivity contribution in [1.82, 2.24) is 4.90 Å². The van der Waals surface area contributed by atoms with Crippen molar-refractivity contribution in [3.63, 3.8) is 0 Å². The van der Waals surface area contributed by atoms with Gasteiger partial charge in [0.2, 0.25) is 5.91 Å². The van der Waals surface area contributed by atoms with E-state index in [1.807, 2.05) is 42.5 Å². The highest BCUT2D eigenvalue weighted by atomic mass is 16.2. The lowest BCUT2D eigenvalue weighted by Crippen LogP contribution is -2.46. The van der Waals surface area contributed by atoms with Crippen LogP contribution >= 0.6 is 0 Å². The lowest BCUT2D eigenvalue weighted by Gasteiger charge is -2.29. The van der Waals surface area contributed by atoms with E-state index in [9.17, 15) is 9.59 Å². The topological polar surface area (TPSA) is 49.4 Å². The Morgan fingerprint density at radius 2 is 1.44 bits per heavy atom. The molecule has 1 heterocycles. The van der Waals surface area contributed by atoms with Crippen LogP contribution in [-0.2, 0) is 24.2 Å². The van der Waals surface area contributed by atoms with E-state index in [1.54, 1.807) is 17.0 Å². The van der Waals surface area contributed by atoms with Gasteiger partial charge in [0.1, 0.15) is 6.04 Å². The molecule has 2 aliphatic rings. The smallest absolute Gasteiger partial charge is 0.256 e. The highest BCUT2D eigenvalue weighted by Crippen LogP contribution is 2.37. The molecule has 1 aliphatic carbocycles. The Morgan fingerprint density at radius 1 is 0.735 bits per heavy atom. The van der Waals surface area contributed by atoms with Gasteiger partial charge in [0, 0.05) is 14.4 Å². The van der Waals surface area contributed by atoms with E-state index in [2.05, 4.69) is 47.8 Å². The minimum absolute atomic E-state index is 0. The number of nitrogens with zero attached hydrogens (tertiary/aromatic N) is 1. The molecular weight excluding hydrogens is 420 g/mol. The first-order valence-electron chi connectivity index (χ1n) is 11.6. The molecule has 0 fully saturated rings. The van der Waals surface area contributed by atoms with Gasteiger partial charge >= 0.3 is 0 Å². The molecule has 1 N–H and O–H groups in total. The van der Waals surface area contributed by atoms with E-state index in [4.69, 9.17) is 0 Å². The van der Waals surface area contributed by atoms with E-state index in [-0.39, 0.29) is 13.2 Å². The fourth-order valence-electron chi connectivity index (χ4n) is 5.15. The quantitative estimate of drug-likeness (QED) is 0.384. The third-order valence-electron chi connectivity index (χ3n) is 6.84. The number of fused-ring (bicyclic) bond motifs is 4. The van der Waals surface area contributed by atoms with Gasteiger partial charge in [-0.2, -0.15) is 0 Å². The Morgan fingerprint density at radius 3 is 2.29 bits per heavy atom. The van der Waals surface area contributed by atoms with Crippen LogP contribution in [0.3, 0.4) is 0 Å². The molecule has 4 aromatic rings. The summed E-state index contributed by atoms with van der Waals surface area (Å²) in [6.07, 6.45) is 1.35. The number of amides is 2. The largest absolute Gasteiger partial charge is 0.324 e. The van der Waals surface area contributed by atoms with E-state index in [0.717, 1.165) is 17.5 Å². The average Bonchev–Trinajstić information content (AvgIpc) is 3.20. The standard InChI is InChI=1S/C30H24N2O2.H2/c33-29-28(17-20-8-2-1-3-9-20)32(30(34)26-12-6-7-13-27(26)31-29)19-21-14-15-25-23(16-21)18-22-10-4-5-11-24(22)25;/h1-16,28H,17-19H2,(H,31,33);1H. The highest BCUT2D eigenvalue weighted by molar-refractivity contribution is 6.09. The molecule has 0 bridgehead atoms. The predicted molar refractivity (Wildman–Crippen MR) is 136 cm³/mol. The molecule has 4 nitrogen and oxygen atoms in total. The summed E-state index contributed by atoms with van der Waals surface area (Å²) in [5, 5.41) is 2.99. The summed E-state index contributed by atoms with van der Waals surface area (Å²) in [6.45, 7) is 0.377. The molecule has 0 aromatic heterocycles. The van der Waals surface area contributed by atoms with Crippen molar-refractivity contribution in [2.24, 2.45) is 0 Å². The summed E-state index contributed by atoms with van der Waals surface area (Å²) in [4.78, 5) is 28.8. The fraction of sp³-hybridized carbons (Fsp3) is 0.133. The van der Waals surface area contributed by atoms with Crippen LogP contribution in [0.15, 0.2) is 97.1 Å². The summed E-state index contributed by atoms with van der Waals surface area (Å²) in [7, 11) is 0. The molecule has 34 heavy (non-hydrogen) atoms. The van der Waals surface area contributed by atoms with Gasteiger partial charge in [-0.05, 0) is 51.9 Å². The third-order valence-corrected chi connectivity index (χ3v) is 6.84. The van der Waals surface area contributed by atoms with Gasteiger partial charge in [-0.3, -0.25) is 9.59 Å². The van der Waals surface area contributed by atoms with E-state index >= 15 is 0 Å². The van der Waals surface area contributed by atoms with Crippen LogP contribution in [-0.4, -0.2) is 22.8 Å². The number of benzene rings is 4. The van der Waals surface area contributed by atoms with Crippen molar-refractivity contribution in [1.29, 1.82) is 0 Å². The maximum atomic E-state index is 13.7. The van der Waals surface area contributed by atoms with Crippen molar-refractivity contribution < 1.29 is 11.0 Å². The molecule has 0 radical (unpaired) electrons. The lowest BCUT2D eigenvalue weighted by atomic mass is 10.0. The molecule has 1 atom stereocenters. The van der Waals surface area contributed by atoms with Gasteiger partial charge in [-0.1, -0.05) is 84.9 Å². The summed E-state index contributed by atoms with van der Waals surface area (Å²) in [5.74, 6) is -0.283. The Hall–Kier alpha value is -4.18. The summed E-state index contributed by atoms with van der Waals surface area (Å²) < 4.78 is 0. The second-order valence-corrected chi connectivity index (χ2v) is 9.00. The number of hydrogen-bond donors (Lipinski definition) is 1. The predicted octanol–water partition coefficient (Wildman–Crippen LogP) is 5.71. The maximum Gasteiger partial charge on any atom is 0.256 e. The van der Waals surface area contributed by atoms with Crippen LogP contribution in [0.2, 0.25) is 0 Å². The normalized spacial score (nSPS) is 16.4. The summed E-state index contributed by atoms with van der Waals surface area (Å²) in [6, 6.07) is 31.4. The number of para-hydroxylation sites is 1. The first-order chi connectivity index (χ1) is 16.7. The highest BCUT2D eigenvalue weighted by Gasteiger charge is 2.35. The molecular formula is C30H26N2O2. The van der Waals surface area contributed by atoms with Crippen LogP contribution in [0.4, 0.5) is 5.69 Å². The number of nitrogens with one attached hydrogen (secondary N) is 1. The zero-order chi connectivity index (χ0) is 23.1. The molecule has 0 saturated carbocycles. The van der Waals surface area contributed by atoms with Crippen molar-refractivity contribution >= 4 is 17.5 Å². The second-order valence-electron chi connectivity index (χ2n) is 9.00. The fourth-order valence-corrected chi connectivity index (χ4v) is 5.15. The Kier molecular flexibility index (Phi) is 4.99. The second kappa shape index (κ2) is 8.31. The number of anilines is 1. The molecule has 6 rings (SSSR count). The third kappa shape index (κ3) is 3.57. The first kappa shape index (κ1) is 20.4. The van der Waals surface area contributed by atoms with Crippen LogP contribution in [0.25, 0.3) is 11.1 Å². The van der Waals surface area contributed by atoms with Crippen LogP contribution < -0.4 is 5.32 Å². The zero-order valence-corrected chi connectivity index (χ0v) is 18.7. The number of rotatable bonds is 4. The first-order valence-corrected chi connectivity index (χ1v) is 11.6. The molecule has 1 unspecified atom stereocenters. The van der Waals surface area contributed by atoms with Crippen LogP contribution in [0.5, 0.6) is 0 Å². The van der Waals surface area contributed by atoms with Crippen molar-refractivity contribution in [3.8, 4) is 11.1 Å². The van der Waals surface area contributed by atoms with Gasteiger partial charge in [0.15, 0.2) is 0 Å². The van der Waals surface area contributed by atoms with Crippen molar-refractivity contribution in [2.75, 3.05) is 5.32 Å². The number of carbonyl (C=O) groups is 2. The summed E-state index contributed by atoms with van der Waals surface area (Å²) in [5.41, 5.74) is 8.29. The average molecular weight is 447 g/mol. The molecule has 0 saturated heterocycles. The molecule has 4 heteroatoms. The molecule has 2 amide bonds. The minimum Gasteiger partial charge on any atom is -0.324 e. The van der Waals surface area contributed by atoms with E-state index in [1.165, 1.54) is 22.3 Å². The zero-order valence-electron chi connectivity index (χ0n) is 18.7. The van der Waals surface area contributed by atoms with E-state index < -0.39 is 6.04 Å². The SMILES string of the molecule is O=C1Nc2ccccc2C(=O)N(Cc2ccc3c(c2)Cc2ccccc2-3)C1Cc1ccccc1.[HH]. The lowest BCUT2D eigenvalue weighted by molar-refractivity contribution is -0.120. The Bertz CT molecular complexity index is 1420. The van der Waals surface area contributed by atoms with Gasteiger partial charge in [0.25, 0.3) is 5.91 Å². The van der Waals surface area contributed by atoms with Crippen molar-refractivity contribution in [3.05, 3.63) is 125 Å². The van der Waals surface area contributed by atoms with Crippen LogP contribution in [0.1, 0.15) is 34.0 Å². The molecule has 168 valence electrons. The number of hydrogen-bond acceptors (Lipinski definition) is 2. The van der Waals surface area contributed by atoms with E-state index in [0.29, 0.717) is 24.2 Å². The Balaban J connectivity index is 0.00000253. The Labute approximate surface area is 200 Å². The minimum atomic E-state index is -0.604. The molecule has 1 aliphatic heterocycles. The monoisotopic (exact) mass is 446 g/mol. The molecule has 4 aromatic carbocycles.